The molecular weight excluding hydrogens is 310 g/mol. The minimum atomic E-state index is 0.530. The van der Waals surface area contributed by atoms with E-state index in [1.54, 1.807) is 11.3 Å². The van der Waals surface area contributed by atoms with Gasteiger partial charge in [-0.25, -0.2) is 0 Å². The summed E-state index contributed by atoms with van der Waals surface area (Å²) in [7, 11) is 2.15. The number of pyridine rings is 1. The van der Waals surface area contributed by atoms with Crippen LogP contribution in [0, 0.1) is 0 Å². The third-order valence-electron chi connectivity index (χ3n) is 4.04. The number of likely N-dealkylation sites (N-methyl/N-ethyl adjacent to an activating group) is 1. The third kappa shape index (κ3) is 2.97. The Morgan fingerprint density at radius 3 is 2.83 bits per heavy atom. The summed E-state index contributed by atoms with van der Waals surface area (Å²) >= 11 is 1.61. The Morgan fingerprint density at radius 1 is 1.17 bits per heavy atom. The summed E-state index contributed by atoms with van der Waals surface area (Å²) in [6, 6.07) is 6.04. The molecule has 0 radical (unpaired) electrons. The average Bonchev–Trinajstić information content (AvgIpc) is 3.27. The fourth-order valence-electron chi connectivity index (χ4n) is 2.63. The first kappa shape index (κ1) is 14.3. The first-order valence-corrected chi connectivity index (χ1v) is 8.50. The topological polar surface area (TPSA) is 58.3 Å². The highest BCUT2D eigenvalue weighted by atomic mass is 32.1. The van der Waals surface area contributed by atoms with Crippen LogP contribution >= 0.6 is 11.3 Å². The van der Waals surface area contributed by atoms with E-state index in [1.807, 2.05) is 35.2 Å². The molecule has 3 aromatic heterocycles. The van der Waals surface area contributed by atoms with E-state index in [0.717, 1.165) is 43.1 Å². The summed E-state index contributed by atoms with van der Waals surface area (Å²) < 4.78 is 5.35. The molecule has 0 unspecified atom stereocenters. The van der Waals surface area contributed by atoms with E-state index in [2.05, 4.69) is 32.0 Å². The molecule has 0 spiro atoms. The first-order valence-electron chi connectivity index (χ1n) is 7.56. The number of anilines is 1. The summed E-state index contributed by atoms with van der Waals surface area (Å²) in [5.74, 6) is 1.07. The van der Waals surface area contributed by atoms with Gasteiger partial charge in [0.1, 0.15) is 5.69 Å². The van der Waals surface area contributed by atoms with Crippen molar-refractivity contribution in [3.8, 4) is 23.0 Å². The second kappa shape index (κ2) is 6.10. The van der Waals surface area contributed by atoms with Crippen LogP contribution in [-0.4, -0.2) is 53.3 Å². The van der Waals surface area contributed by atoms with Crippen LogP contribution in [0.4, 0.5) is 5.69 Å². The number of hydrogen-bond donors (Lipinski definition) is 0. The molecule has 1 fully saturated rings. The molecule has 0 aliphatic carbocycles. The Bertz CT molecular complexity index is 777. The lowest BCUT2D eigenvalue weighted by atomic mass is 10.2. The number of hydrogen-bond acceptors (Lipinski definition) is 7. The van der Waals surface area contributed by atoms with Crippen molar-refractivity contribution in [1.29, 1.82) is 0 Å². The molecule has 0 bridgehead atoms. The lowest BCUT2D eigenvalue weighted by Crippen LogP contribution is -2.44. The second-order valence-corrected chi connectivity index (χ2v) is 6.40. The van der Waals surface area contributed by atoms with Gasteiger partial charge in [-0.05, 0) is 30.6 Å². The monoisotopic (exact) mass is 327 g/mol. The summed E-state index contributed by atoms with van der Waals surface area (Å²) in [5, 5.41) is 8.05. The fraction of sp³-hybridized carbons (Fsp3) is 0.312. The van der Waals surface area contributed by atoms with Gasteiger partial charge in [0.15, 0.2) is 0 Å². The van der Waals surface area contributed by atoms with Crippen LogP contribution < -0.4 is 4.90 Å². The molecule has 0 aromatic carbocycles. The molecule has 1 saturated heterocycles. The second-order valence-electron chi connectivity index (χ2n) is 5.62. The van der Waals surface area contributed by atoms with Crippen molar-refractivity contribution in [2.24, 2.45) is 0 Å². The molecular formula is C16H17N5OS. The lowest BCUT2D eigenvalue weighted by Gasteiger charge is -2.34. The maximum Gasteiger partial charge on any atom is 0.259 e. The van der Waals surface area contributed by atoms with Crippen molar-refractivity contribution in [3.63, 3.8) is 0 Å². The molecule has 118 valence electrons. The van der Waals surface area contributed by atoms with Crippen LogP contribution in [0.1, 0.15) is 0 Å². The molecule has 0 saturated carbocycles. The predicted octanol–water partition coefficient (Wildman–Crippen LogP) is 2.61. The van der Waals surface area contributed by atoms with Gasteiger partial charge in [-0.2, -0.15) is 16.3 Å². The third-order valence-corrected chi connectivity index (χ3v) is 4.72. The van der Waals surface area contributed by atoms with Crippen molar-refractivity contribution in [2.45, 2.75) is 0 Å². The predicted molar refractivity (Wildman–Crippen MR) is 90.6 cm³/mol. The quantitative estimate of drug-likeness (QED) is 0.737. The highest BCUT2D eigenvalue weighted by molar-refractivity contribution is 7.08. The van der Waals surface area contributed by atoms with Gasteiger partial charge in [0.05, 0.1) is 5.56 Å². The molecule has 0 N–H and O–H groups in total. The summed E-state index contributed by atoms with van der Waals surface area (Å²) in [5.41, 5.74) is 2.85. The fourth-order valence-corrected chi connectivity index (χ4v) is 3.26. The average molecular weight is 327 g/mol. The summed E-state index contributed by atoms with van der Waals surface area (Å²) in [6.45, 7) is 4.18. The molecule has 0 atom stereocenters. The van der Waals surface area contributed by atoms with Crippen LogP contribution in [0.2, 0.25) is 0 Å². The van der Waals surface area contributed by atoms with Gasteiger partial charge in [-0.15, -0.1) is 0 Å². The zero-order chi connectivity index (χ0) is 15.6. The molecule has 6 nitrogen and oxygen atoms in total. The van der Waals surface area contributed by atoms with E-state index < -0.39 is 0 Å². The Balaban J connectivity index is 1.59. The van der Waals surface area contributed by atoms with Crippen LogP contribution in [0.5, 0.6) is 0 Å². The number of piperazine rings is 1. The molecule has 23 heavy (non-hydrogen) atoms. The van der Waals surface area contributed by atoms with Crippen LogP contribution in [0.3, 0.4) is 0 Å². The highest BCUT2D eigenvalue weighted by Gasteiger charge is 2.17. The molecule has 4 heterocycles. The zero-order valence-corrected chi connectivity index (χ0v) is 13.7. The minimum absolute atomic E-state index is 0.530. The van der Waals surface area contributed by atoms with Crippen molar-refractivity contribution in [3.05, 3.63) is 35.2 Å². The number of nitrogens with zero attached hydrogens (tertiary/aromatic N) is 5. The van der Waals surface area contributed by atoms with Gasteiger partial charge in [-0.1, -0.05) is 5.16 Å². The number of aromatic nitrogens is 3. The van der Waals surface area contributed by atoms with E-state index in [1.165, 1.54) is 0 Å². The summed E-state index contributed by atoms with van der Waals surface area (Å²) in [4.78, 5) is 13.6. The van der Waals surface area contributed by atoms with Crippen molar-refractivity contribution >= 4 is 17.0 Å². The van der Waals surface area contributed by atoms with E-state index in [9.17, 15) is 0 Å². The van der Waals surface area contributed by atoms with Crippen LogP contribution in [0.15, 0.2) is 39.7 Å². The smallest absolute Gasteiger partial charge is 0.259 e. The van der Waals surface area contributed by atoms with Crippen LogP contribution in [-0.2, 0) is 0 Å². The van der Waals surface area contributed by atoms with Gasteiger partial charge in [0.25, 0.3) is 5.89 Å². The molecule has 0 amide bonds. The van der Waals surface area contributed by atoms with E-state index >= 15 is 0 Å². The maximum atomic E-state index is 5.35. The van der Waals surface area contributed by atoms with E-state index in [0.29, 0.717) is 11.7 Å². The zero-order valence-electron chi connectivity index (χ0n) is 12.8. The highest BCUT2D eigenvalue weighted by Crippen LogP contribution is 2.25. The lowest BCUT2D eigenvalue weighted by molar-refractivity contribution is 0.313. The first-order chi connectivity index (χ1) is 11.3. The normalized spacial score (nSPS) is 16.0. The summed E-state index contributed by atoms with van der Waals surface area (Å²) in [6.07, 6.45) is 1.81. The van der Waals surface area contributed by atoms with E-state index in [-0.39, 0.29) is 0 Å². The Labute approximate surface area is 138 Å². The number of rotatable bonds is 3. The Hall–Kier alpha value is -2.25. The van der Waals surface area contributed by atoms with Crippen LogP contribution in [0.25, 0.3) is 23.0 Å². The van der Waals surface area contributed by atoms with Gasteiger partial charge in [0, 0.05) is 43.4 Å². The van der Waals surface area contributed by atoms with Gasteiger partial charge >= 0.3 is 0 Å². The van der Waals surface area contributed by atoms with Gasteiger partial charge in [-0.3, -0.25) is 4.98 Å². The SMILES string of the molecule is CN1CCN(c2ccnc(-c3noc(-c4ccsc4)n3)c2)CC1. The van der Waals surface area contributed by atoms with Crippen molar-refractivity contribution < 1.29 is 4.52 Å². The molecule has 3 aromatic rings. The molecule has 1 aliphatic rings. The van der Waals surface area contributed by atoms with E-state index in [4.69, 9.17) is 4.52 Å². The standard InChI is InChI=1S/C16H17N5OS/c1-20-5-7-21(8-6-20)13-2-4-17-14(10-13)15-18-16(22-19-15)12-3-9-23-11-12/h2-4,9-11H,5-8H2,1H3. The van der Waals surface area contributed by atoms with Gasteiger partial charge < -0.3 is 14.3 Å². The van der Waals surface area contributed by atoms with Crippen molar-refractivity contribution in [1.82, 2.24) is 20.0 Å². The molecule has 4 rings (SSSR count). The maximum absolute atomic E-state index is 5.35. The molecule has 7 heteroatoms. The Morgan fingerprint density at radius 2 is 2.04 bits per heavy atom. The molecule has 1 aliphatic heterocycles. The largest absolute Gasteiger partial charge is 0.369 e. The van der Waals surface area contributed by atoms with Crippen molar-refractivity contribution in [2.75, 3.05) is 38.1 Å². The minimum Gasteiger partial charge on any atom is -0.369 e. The number of thiophene rings is 1. The Kier molecular flexibility index (Phi) is 3.80. The van der Waals surface area contributed by atoms with Gasteiger partial charge in [0.2, 0.25) is 5.82 Å².